The zero-order valence-corrected chi connectivity index (χ0v) is 16.8. The van der Waals surface area contributed by atoms with E-state index in [-0.39, 0.29) is 16.9 Å². The van der Waals surface area contributed by atoms with Crippen molar-refractivity contribution in [3.05, 3.63) is 46.0 Å². The summed E-state index contributed by atoms with van der Waals surface area (Å²) in [6, 6.07) is 9.12. The van der Waals surface area contributed by atoms with E-state index in [0.717, 1.165) is 29.8 Å². The second kappa shape index (κ2) is 5.77. The molecule has 4 rings (SSSR count). The van der Waals surface area contributed by atoms with Crippen molar-refractivity contribution in [1.29, 1.82) is 0 Å². The highest BCUT2D eigenvalue weighted by atomic mass is 16.2. The van der Waals surface area contributed by atoms with Crippen LogP contribution in [0.2, 0.25) is 0 Å². The number of carbonyl (C=O) groups excluding carboxylic acids is 1. The summed E-state index contributed by atoms with van der Waals surface area (Å²) in [6.07, 6.45) is 7.33. The number of nitrogens with zero attached hydrogens (tertiary/aromatic N) is 1. The van der Waals surface area contributed by atoms with E-state index in [4.69, 9.17) is 0 Å². The van der Waals surface area contributed by atoms with Crippen molar-refractivity contribution in [2.45, 2.75) is 77.7 Å². The van der Waals surface area contributed by atoms with Crippen molar-refractivity contribution < 1.29 is 4.79 Å². The van der Waals surface area contributed by atoms with E-state index in [2.05, 4.69) is 63.5 Å². The SMILES string of the molecule is CCCCc1ccc2c3c4c(ccc13)=CC(=O)[N+]=4C(C)(CC)C2(C)CC. The van der Waals surface area contributed by atoms with E-state index < -0.39 is 0 Å². The lowest BCUT2D eigenvalue weighted by molar-refractivity contribution is -0.120. The van der Waals surface area contributed by atoms with Gasteiger partial charge < -0.3 is 0 Å². The topological polar surface area (TPSA) is 20.1 Å². The fraction of sp³-hybridized carbons (Fsp3) is 0.500. The molecular formula is C24H30NO+. The molecule has 0 radical (unpaired) electrons. The minimum absolute atomic E-state index is 0.0528. The molecule has 136 valence electrons. The van der Waals surface area contributed by atoms with Gasteiger partial charge in [0.15, 0.2) is 5.54 Å². The van der Waals surface area contributed by atoms with Crippen LogP contribution in [0.25, 0.3) is 16.8 Å². The van der Waals surface area contributed by atoms with Gasteiger partial charge in [0.25, 0.3) is 0 Å². The zero-order chi connectivity index (χ0) is 18.7. The molecule has 0 aromatic heterocycles. The van der Waals surface area contributed by atoms with Gasteiger partial charge in [0.05, 0.1) is 22.1 Å². The van der Waals surface area contributed by atoms with Gasteiger partial charge in [0, 0.05) is 13.3 Å². The standard InChI is InChI=1S/C24H30NO/c1-6-9-10-16-12-14-19-21-18(16)13-11-17-15-20(26)25(22(17)21)24(5,8-3)23(19,4)7-2/h11-15H,6-10H2,1-5H3/q+1. The minimum atomic E-state index is -0.202. The van der Waals surface area contributed by atoms with Gasteiger partial charge >= 0.3 is 5.91 Å². The van der Waals surface area contributed by atoms with Crippen molar-refractivity contribution in [3.63, 3.8) is 0 Å². The Morgan fingerprint density at radius 3 is 2.42 bits per heavy atom. The summed E-state index contributed by atoms with van der Waals surface area (Å²) in [5.41, 5.74) is 2.59. The van der Waals surface area contributed by atoms with Gasteiger partial charge in [-0.05, 0) is 48.8 Å². The first-order chi connectivity index (χ1) is 12.4. The molecule has 0 N–H and O–H groups in total. The van der Waals surface area contributed by atoms with Gasteiger partial charge in [0.1, 0.15) is 0 Å². The largest absolute Gasteiger partial charge is 0.414 e. The van der Waals surface area contributed by atoms with Crippen LogP contribution in [0, 0.1) is 0 Å². The van der Waals surface area contributed by atoms with Crippen molar-refractivity contribution in [1.82, 2.24) is 4.58 Å². The number of carbonyl (C=O) groups is 1. The molecule has 2 nitrogen and oxygen atoms in total. The normalized spacial score (nSPS) is 26.5. The van der Waals surface area contributed by atoms with Gasteiger partial charge in [-0.15, -0.1) is 0 Å². The molecule has 2 aromatic carbocycles. The smallest absolute Gasteiger partial charge is 0.215 e. The highest BCUT2D eigenvalue weighted by Crippen LogP contribution is 2.46. The molecule has 0 bridgehead atoms. The molecule has 2 heterocycles. The van der Waals surface area contributed by atoms with Crippen LogP contribution in [0.3, 0.4) is 0 Å². The number of unbranched alkanes of at least 4 members (excludes halogenated alkanes) is 1. The predicted octanol–water partition coefficient (Wildman–Crippen LogP) is 3.84. The Bertz CT molecular complexity index is 1050. The maximum Gasteiger partial charge on any atom is 0.414 e. The van der Waals surface area contributed by atoms with E-state index in [1.807, 2.05) is 6.08 Å². The third kappa shape index (κ3) is 1.93. The Morgan fingerprint density at radius 2 is 1.77 bits per heavy atom. The first-order valence-electron chi connectivity index (χ1n) is 10.2. The molecule has 0 fully saturated rings. The van der Waals surface area contributed by atoms with Gasteiger partial charge in [-0.3, -0.25) is 0 Å². The average Bonchev–Trinajstić information content (AvgIpc) is 3.00. The molecule has 2 heteroatoms. The fourth-order valence-corrected chi connectivity index (χ4v) is 5.36. The molecule has 2 atom stereocenters. The van der Waals surface area contributed by atoms with E-state index in [9.17, 15) is 4.79 Å². The molecule has 0 spiro atoms. The summed E-state index contributed by atoms with van der Waals surface area (Å²) < 4.78 is 2.13. The minimum Gasteiger partial charge on any atom is -0.215 e. The van der Waals surface area contributed by atoms with Crippen LogP contribution < -0.4 is 15.2 Å². The molecule has 2 aliphatic rings. The summed E-state index contributed by atoms with van der Waals surface area (Å²) in [4.78, 5) is 13.0. The summed E-state index contributed by atoms with van der Waals surface area (Å²) in [6.45, 7) is 11.4. The summed E-state index contributed by atoms with van der Waals surface area (Å²) in [7, 11) is 0. The number of benzene rings is 2. The molecular weight excluding hydrogens is 318 g/mol. The van der Waals surface area contributed by atoms with Crippen LogP contribution in [-0.4, -0.2) is 11.4 Å². The third-order valence-corrected chi connectivity index (χ3v) is 7.47. The van der Waals surface area contributed by atoms with E-state index in [1.54, 1.807) is 0 Å². The molecule has 26 heavy (non-hydrogen) atoms. The van der Waals surface area contributed by atoms with Gasteiger partial charge in [-0.2, -0.15) is 4.58 Å². The second-order valence-corrected chi connectivity index (χ2v) is 8.43. The van der Waals surface area contributed by atoms with Gasteiger partial charge in [0.2, 0.25) is 5.36 Å². The maximum atomic E-state index is 13.0. The Kier molecular flexibility index (Phi) is 3.87. The number of amides is 1. The summed E-state index contributed by atoms with van der Waals surface area (Å²) in [5, 5.41) is 4.93. The van der Waals surface area contributed by atoms with E-state index in [1.165, 1.54) is 34.7 Å². The molecule has 0 saturated heterocycles. The van der Waals surface area contributed by atoms with Crippen LogP contribution in [0.15, 0.2) is 24.3 Å². The Labute approximate surface area is 156 Å². The van der Waals surface area contributed by atoms with Crippen molar-refractivity contribution >= 4 is 22.8 Å². The molecule has 2 aliphatic heterocycles. The lowest BCUT2D eigenvalue weighted by Crippen LogP contribution is -2.64. The number of rotatable bonds is 5. The summed E-state index contributed by atoms with van der Waals surface area (Å²) >= 11 is 0. The first-order valence-corrected chi connectivity index (χ1v) is 10.2. The monoisotopic (exact) mass is 348 g/mol. The van der Waals surface area contributed by atoms with Crippen LogP contribution in [0.5, 0.6) is 0 Å². The Morgan fingerprint density at radius 1 is 1.00 bits per heavy atom. The molecule has 0 saturated carbocycles. The van der Waals surface area contributed by atoms with Crippen molar-refractivity contribution in [2.24, 2.45) is 0 Å². The number of hydrogen-bond donors (Lipinski definition) is 0. The lowest BCUT2D eigenvalue weighted by Gasteiger charge is -2.44. The number of aryl methyl sites for hydroxylation is 1. The van der Waals surface area contributed by atoms with E-state index in [0.29, 0.717) is 0 Å². The molecule has 0 aliphatic carbocycles. The Balaban J connectivity index is 2.22. The predicted molar refractivity (Wildman–Crippen MR) is 109 cm³/mol. The average molecular weight is 349 g/mol. The van der Waals surface area contributed by atoms with Gasteiger partial charge in [-0.25, -0.2) is 4.79 Å². The first kappa shape index (κ1) is 17.5. The van der Waals surface area contributed by atoms with Crippen molar-refractivity contribution in [2.75, 3.05) is 0 Å². The van der Waals surface area contributed by atoms with Crippen LogP contribution in [0.4, 0.5) is 0 Å². The highest BCUT2D eigenvalue weighted by molar-refractivity contribution is 6.09. The van der Waals surface area contributed by atoms with Crippen LogP contribution >= 0.6 is 0 Å². The van der Waals surface area contributed by atoms with Crippen LogP contribution in [-0.2, 0) is 16.6 Å². The highest BCUT2D eigenvalue weighted by Gasteiger charge is 2.58. The second-order valence-electron chi connectivity index (χ2n) is 8.43. The quantitative estimate of drug-likeness (QED) is 0.752. The maximum absolute atomic E-state index is 13.0. The lowest BCUT2D eigenvalue weighted by atomic mass is 9.61. The number of hydrogen-bond acceptors (Lipinski definition) is 1. The van der Waals surface area contributed by atoms with Crippen molar-refractivity contribution in [3.8, 4) is 0 Å². The molecule has 2 aromatic rings. The Hall–Kier alpha value is -1.96. The summed E-state index contributed by atoms with van der Waals surface area (Å²) in [5.74, 6) is 0.154. The van der Waals surface area contributed by atoms with E-state index >= 15 is 0 Å². The third-order valence-electron chi connectivity index (χ3n) is 7.47. The fourth-order valence-electron chi connectivity index (χ4n) is 5.36. The zero-order valence-electron chi connectivity index (χ0n) is 16.8. The van der Waals surface area contributed by atoms with Crippen LogP contribution in [0.1, 0.15) is 71.4 Å². The molecule has 2 unspecified atom stereocenters. The molecule has 1 amide bonds. The van der Waals surface area contributed by atoms with Gasteiger partial charge in [-0.1, -0.05) is 45.4 Å².